The number of benzene rings is 1. The van der Waals surface area contributed by atoms with Gasteiger partial charge in [0.15, 0.2) is 0 Å². The van der Waals surface area contributed by atoms with Crippen molar-refractivity contribution in [1.29, 1.82) is 0 Å². The van der Waals surface area contributed by atoms with Crippen molar-refractivity contribution in [3.8, 4) is 0 Å². The highest BCUT2D eigenvalue weighted by Crippen LogP contribution is 2.52. The highest BCUT2D eigenvalue weighted by molar-refractivity contribution is 6.23. The topological polar surface area (TPSA) is 46.6 Å². The van der Waals surface area contributed by atoms with Crippen LogP contribution in [0.1, 0.15) is 12.5 Å². The Labute approximate surface area is 129 Å². The van der Waals surface area contributed by atoms with E-state index in [0.717, 1.165) is 17.0 Å². The molecule has 2 saturated heterocycles. The molecule has 1 aromatic carbocycles. The number of imide groups is 1. The summed E-state index contributed by atoms with van der Waals surface area (Å²) in [5, 5.41) is 0. The molecular formula is C16H12F3NO3. The van der Waals surface area contributed by atoms with Gasteiger partial charge in [-0.1, -0.05) is 18.2 Å². The van der Waals surface area contributed by atoms with E-state index < -0.39 is 47.1 Å². The molecule has 2 amide bonds. The summed E-state index contributed by atoms with van der Waals surface area (Å²) in [5.74, 6) is -2.35. The van der Waals surface area contributed by atoms with E-state index in [2.05, 4.69) is 0 Å². The number of nitrogens with zero attached hydrogens (tertiary/aromatic N) is 1. The number of halogens is 3. The fourth-order valence-corrected chi connectivity index (χ4v) is 3.73. The Hall–Kier alpha value is -2.15. The maximum atomic E-state index is 12.9. The standard InChI is InChI=1S/C16H12F3NO3/c1-15-6-5-10(23-15)11-12(15)14(22)20(13(11)21)9-4-2-3-8(7-9)16(17,18)19/h2-7,10-12H,1H3/t10-,11+,12+,15-/m0/s1. The van der Waals surface area contributed by atoms with Gasteiger partial charge in [-0.05, 0) is 25.1 Å². The van der Waals surface area contributed by atoms with Gasteiger partial charge in [-0.2, -0.15) is 13.2 Å². The van der Waals surface area contributed by atoms with Crippen LogP contribution in [0.3, 0.4) is 0 Å². The fourth-order valence-electron chi connectivity index (χ4n) is 3.73. The minimum Gasteiger partial charge on any atom is -0.362 e. The van der Waals surface area contributed by atoms with Crippen LogP contribution in [0.2, 0.25) is 0 Å². The van der Waals surface area contributed by atoms with Crippen LogP contribution in [0, 0.1) is 11.8 Å². The summed E-state index contributed by atoms with van der Waals surface area (Å²) in [5.41, 5.74) is -1.80. The molecule has 0 saturated carbocycles. The first-order valence-corrected chi connectivity index (χ1v) is 7.15. The number of amides is 2. The maximum Gasteiger partial charge on any atom is 0.416 e. The van der Waals surface area contributed by atoms with E-state index in [1.807, 2.05) is 0 Å². The zero-order chi connectivity index (χ0) is 16.6. The van der Waals surface area contributed by atoms with Gasteiger partial charge in [0, 0.05) is 0 Å². The average molecular weight is 323 g/mol. The molecule has 2 fully saturated rings. The smallest absolute Gasteiger partial charge is 0.362 e. The Balaban J connectivity index is 1.75. The minimum atomic E-state index is -4.53. The molecule has 0 aliphatic carbocycles. The van der Waals surface area contributed by atoms with Crippen LogP contribution in [0.4, 0.5) is 18.9 Å². The second-order valence-electron chi connectivity index (χ2n) is 6.19. The molecule has 120 valence electrons. The summed E-state index contributed by atoms with van der Waals surface area (Å²) < 4.78 is 44.2. The maximum absolute atomic E-state index is 12.9. The van der Waals surface area contributed by atoms with Crippen molar-refractivity contribution in [2.24, 2.45) is 11.8 Å². The second-order valence-corrected chi connectivity index (χ2v) is 6.19. The number of hydrogen-bond donors (Lipinski definition) is 0. The molecular weight excluding hydrogens is 311 g/mol. The van der Waals surface area contributed by atoms with Gasteiger partial charge in [-0.25, -0.2) is 4.90 Å². The van der Waals surface area contributed by atoms with Crippen molar-refractivity contribution in [1.82, 2.24) is 0 Å². The number of rotatable bonds is 1. The van der Waals surface area contributed by atoms with Gasteiger partial charge >= 0.3 is 6.18 Å². The zero-order valence-corrected chi connectivity index (χ0v) is 12.0. The number of alkyl halides is 3. The van der Waals surface area contributed by atoms with Gasteiger partial charge in [-0.15, -0.1) is 0 Å². The molecule has 4 atom stereocenters. The van der Waals surface area contributed by atoms with Crippen LogP contribution >= 0.6 is 0 Å². The van der Waals surface area contributed by atoms with Crippen LogP contribution in [-0.2, 0) is 20.5 Å². The van der Waals surface area contributed by atoms with Gasteiger partial charge in [-0.3, -0.25) is 9.59 Å². The Morgan fingerprint density at radius 3 is 2.61 bits per heavy atom. The number of anilines is 1. The lowest BCUT2D eigenvalue weighted by Gasteiger charge is -2.24. The summed E-state index contributed by atoms with van der Waals surface area (Å²) in [4.78, 5) is 26.1. The molecule has 23 heavy (non-hydrogen) atoms. The Kier molecular flexibility index (Phi) is 2.65. The van der Waals surface area contributed by atoms with E-state index in [4.69, 9.17) is 4.74 Å². The SMILES string of the molecule is C[C@@]12C=C[C@H](O1)[C@H]1C(=O)N(c3cccc(C(F)(F)F)c3)C(=O)[C@@H]12. The van der Waals surface area contributed by atoms with Gasteiger partial charge in [0.2, 0.25) is 11.8 Å². The molecule has 3 heterocycles. The molecule has 4 rings (SSSR count). The highest BCUT2D eigenvalue weighted by atomic mass is 19.4. The summed E-state index contributed by atoms with van der Waals surface area (Å²) in [7, 11) is 0. The van der Waals surface area contributed by atoms with Crippen LogP contribution in [0.15, 0.2) is 36.4 Å². The zero-order valence-electron chi connectivity index (χ0n) is 12.0. The first-order chi connectivity index (χ1) is 10.7. The van der Waals surface area contributed by atoms with E-state index in [1.165, 1.54) is 12.1 Å². The fraction of sp³-hybridized carbons (Fsp3) is 0.375. The third kappa shape index (κ3) is 1.83. The van der Waals surface area contributed by atoms with Crippen LogP contribution in [0.25, 0.3) is 0 Å². The molecule has 0 radical (unpaired) electrons. The molecule has 4 nitrogen and oxygen atoms in total. The summed E-state index contributed by atoms with van der Waals surface area (Å²) in [6, 6.07) is 4.27. The van der Waals surface area contributed by atoms with Gasteiger partial charge < -0.3 is 4.74 Å². The third-order valence-electron chi connectivity index (χ3n) is 4.76. The van der Waals surface area contributed by atoms with Crippen LogP contribution < -0.4 is 4.90 Å². The lowest BCUT2D eigenvalue weighted by atomic mass is 9.78. The lowest BCUT2D eigenvalue weighted by Crippen LogP contribution is -2.38. The summed E-state index contributed by atoms with van der Waals surface area (Å²) >= 11 is 0. The number of fused-ring (bicyclic) bond motifs is 5. The molecule has 0 aromatic heterocycles. The first kappa shape index (κ1) is 14.4. The van der Waals surface area contributed by atoms with Crippen molar-refractivity contribution in [3.63, 3.8) is 0 Å². The monoisotopic (exact) mass is 323 g/mol. The average Bonchev–Trinajstić information content (AvgIpc) is 3.07. The van der Waals surface area contributed by atoms with E-state index in [9.17, 15) is 22.8 Å². The van der Waals surface area contributed by atoms with Crippen molar-refractivity contribution in [2.45, 2.75) is 24.8 Å². The van der Waals surface area contributed by atoms with Gasteiger partial charge in [0.1, 0.15) is 0 Å². The molecule has 3 aliphatic heterocycles. The first-order valence-electron chi connectivity index (χ1n) is 7.15. The summed E-state index contributed by atoms with van der Waals surface area (Å²) in [6.45, 7) is 1.72. The minimum absolute atomic E-state index is 0.0489. The third-order valence-corrected chi connectivity index (χ3v) is 4.76. The lowest BCUT2D eigenvalue weighted by molar-refractivity contribution is -0.137. The predicted octanol–water partition coefficient (Wildman–Crippen LogP) is 2.54. The second kappa shape index (κ2) is 4.23. The van der Waals surface area contributed by atoms with Crippen molar-refractivity contribution < 1.29 is 27.5 Å². The number of carbonyl (C=O) groups is 2. The van der Waals surface area contributed by atoms with Gasteiger partial charge in [0.05, 0.1) is 34.8 Å². The Bertz CT molecular complexity index is 757. The molecule has 0 N–H and O–H groups in total. The number of carbonyl (C=O) groups excluding carboxylic acids is 2. The van der Waals surface area contributed by atoms with E-state index >= 15 is 0 Å². The van der Waals surface area contributed by atoms with Crippen molar-refractivity contribution >= 4 is 17.5 Å². The molecule has 7 heteroatoms. The van der Waals surface area contributed by atoms with E-state index in [-0.39, 0.29) is 5.69 Å². The quantitative estimate of drug-likeness (QED) is 0.589. The van der Waals surface area contributed by atoms with E-state index in [0.29, 0.717) is 0 Å². The van der Waals surface area contributed by atoms with E-state index in [1.54, 1.807) is 19.1 Å². The largest absolute Gasteiger partial charge is 0.416 e. The Morgan fingerprint density at radius 2 is 1.96 bits per heavy atom. The predicted molar refractivity (Wildman–Crippen MR) is 73.3 cm³/mol. The van der Waals surface area contributed by atoms with Crippen molar-refractivity contribution in [2.75, 3.05) is 4.90 Å². The number of hydrogen-bond acceptors (Lipinski definition) is 3. The highest BCUT2D eigenvalue weighted by Gasteiger charge is 2.66. The normalized spacial score (nSPS) is 35.3. The van der Waals surface area contributed by atoms with Crippen LogP contribution in [0.5, 0.6) is 0 Å². The Morgan fingerprint density at radius 1 is 1.22 bits per heavy atom. The molecule has 2 bridgehead atoms. The molecule has 3 aliphatic rings. The van der Waals surface area contributed by atoms with Crippen LogP contribution in [-0.4, -0.2) is 23.5 Å². The molecule has 0 unspecified atom stereocenters. The summed E-state index contributed by atoms with van der Waals surface area (Å²) in [6.07, 6.45) is -1.54. The molecule has 0 spiro atoms. The van der Waals surface area contributed by atoms with Crippen molar-refractivity contribution in [3.05, 3.63) is 42.0 Å². The van der Waals surface area contributed by atoms with Gasteiger partial charge in [0.25, 0.3) is 0 Å². The number of ether oxygens (including phenoxy) is 1. The molecule has 1 aromatic rings.